The summed E-state index contributed by atoms with van der Waals surface area (Å²) in [7, 11) is 0. The van der Waals surface area contributed by atoms with E-state index in [4.69, 9.17) is 16.3 Å². The minimum atomic E-state index is -0.0575. The molecule has 0 amide bonds. The molecule has 74 valence electrons. The molecule has 0 radical (unpaired) electrons. The minimum Gasteiger partial charge on any atom is -0.492 e. The zero-order valence-corrected chi connectivity index (χ0v) is 8.89. The summed E-state index contributed by atoms with van der Waals surface area (Å²) in [6, 6.07) is 3.51. The van der Waals surface area contributed by atoms with Crippen LogP contribution in [-0.4, -0.2) is 12.9 Å². The van der Waals surface area contributed by atoms with Crippen molar-refractivity contribution in [3.05, 3.63) is 28.3 Å². The molecule has 0 spiro atoms. The van der Waals surface area contributed by atoms with Gasteiger partial charge in [-0.2, -0.15) is 0 Å². The van der Waals surface area contributed by atoms with Gasteiger partial charge in [0.25, 0.3) is 0 Å². The van der Waals surface area contributed by atoms with E-state index in [-0.39, 0.29) is 5.41 Å². The summed E-state index contributed by atoms with van der Waals surface area (Å²) in [5.74, 6) is 0.689. The lowest BCUT2D eigenvalue weighted by Gasteiger charge is -2.15. The lowest BCUT2D eigenvalue weighted by molar-refractivity contribution is 0.112. The lowest BCUT2D eigenvalue weighted by atomic mass is 9.86. The Morgan fingerprint density at radius 1 is 1.50 bits per heavy atom. The van der Waals surface area contributed by atoms with Crippen LogP contribution in [-0.2, 0) is 5.41 Å². The molecule has 2 nitrogen and oxygen atoms in total. The number of fused-ring (bicyclic) bond motifs is 1. The highest BCUT2D eigenvalue weighted by atomic mass is 35.5. The molecule has 0 saturated carbocycles. The Morgan fingerprint density at radius 2 is 2.21 bits per heavy atom. The van der Waals surface area contributed by atoms with Crippen LogP contribution in [0.1, 0.15) is 29.8 Å². The van der Waals surface area contributed by atoms with E-state index >= 15 is 0 Å². The number of carbonyl (C=O) groups excluding carboxylic acids is 1. The molecule has 0 saturated heterocycles. The van der Waals surface area contributed by atoms with Gasteiger partial charge in [0.15, 0.2) is 6.29 Å². The molecule has 0 aromatic heterocycles. The number of ether oxygens (including phenoxy) is 1. The van der Waals surface area contributed by atoms with E-state index in [1.807, 2.05) is 6.07 Å². The SMILES string of the molecule is CC1(C)COc2c(C=O)cc(Cl)cc21. The van der Waals surface area contributed by atoms with Crippen molar-refractivity contribution in [2.45, 2.75) is 19.3 Å². The van der Waals surface area contributed by atoms with Gasteiger partial charge in [0.05, 0.1) is 12.2 Å². The van der Waals surface area contributed by atoms with Crippen molar-refractivity contribution in [3.8, 4) is 5.75 Å². The van der Waals surface area contributed by atoms with Gasteiger partial charge in [0.1, 0.15) is 5.75 Å². The van der Waals surface area contributed by atoms with Crippen molar-refractivity contribution in [1.29, 1.82) is 0 Å². The van der Waals surface area contributed by atoms with Gasteiger partial charge in [-0.1, -0.05) is 25.4 Å². The molecule has 0 aliphatic carbocycles. The first-order valence-electron chi connectivity index (χ1n) is 4.46. The number of carbonyl (C=O) groups is 1. The summed E-state index contributed by atoms with van der Waals surface area (Å²) in [6.07, 6.45) is 0.784. The Bertz CT molecular complexity index is 397. The average Bonchev–Trinajstić information content (AvgIpc) is 2.42. The van der Waals surface area contributed by atoms with Crippen LogP contribution in [0.5, 0.6) is 5.75 Å². The van der Waals surface area contributed by atoms with E-state index in [2.05, 4.69) is 13.8 Å². The zero-order chi connectivity index (χ0) is 10.3. The zero-order valence-electron chi connectivity index (χ0n) is 8.13. The Morgan fingerprint density at radius 3 is 2.86 bits per heavy atom. The van der Waals surface area contributed by atoms with Crippen molar-refractivity contribution in [2.24, 2.45) is 0 Å². The third-order valence-electron chi connectivity index (χ3n) is 2.52. The second kappa shape index (κ2) is 2.99. The average molecular weight is 211 g/mol. The quantitative estimate of drug-likeness (QED) is 0.667. The number of aldehydes is 1. The third kappa shape index (κ3) is 1.30. The Kier molecular flexibility index (Phi) is 2.04. The van der Waals surface area contributed by atoms with E-state index in [1.165, 1.54) is 0 Å². The molecule has 1 aromatic carbocycles. The summed E-state index contributed by atoms with van der Waals surface area (Å²) in [4.78, 5) is 10.8. The second-order valence-corrected chi connectivity index (χ2v) is 4.60. The van der Waals surface area contributed by atoms with Gasteiger partial charge in [-0.15, -0.1) is 0 Å². The highest BCUT2D eigenvalue weighted by Gasteiger charge is 2.33. The van der Waals surface area contributed by atoms with Crippen LogP contribution >= 0.6 is 11.6 Å². The van der Waals surface area contributed by atoms with Crippen LogP contribution in [0, 0.1) is 0 Å². The van der Waals surface area contributed by atoms with Crippen molar-refractivity contribution < 1.29 is 9.53 Å². The van der Waals surface area contributed by atoms with E-state index in [1.54, 1.807) is 6.07 Å². The summed E-state index contributed by atoms with van der Waals surface area (Å²) < 4.78 is 5.50. The summed E-state index contributed by atoms with van der Waals surface area (Å²) >= 11 is 5.92. The molecule has 0 unspecified atom stereocenters. The number of hydrogen-bond acceptors (Lipinski definition) is 2. The maximum Gasteiger partial charge on any atom is 0.153 e. The Hall–Kier alpha value is -1.02. The van der Waals surface area contributed by atoms with Gasteiger partial charge < -0.3 is 4.74 Å². The van der Waals surface area contributed by atoms with Crippen molar-refractivity contribution in [3.63, 3.8) is 0 Å². The minimum absolute atomic E-state index is 0.0575. The van der Waals surface area contributed by atoms with Crippen LogP contribution in [0.25, 0.3) is 0 Å². The molecule has 0 bridgehead atoms. The van der Waals surface area contributed by atoms with Crippen molar-refractivity contribution in [2.75, 3.05) is 6.61 Å². The third-order valence-corrected chi connectivity index (χ3v) is 2.73. The summed E-state index contributed by atoms with van der Waals surface area (Å²) in [5, 5.41) is 0.587. The molecule has 3 heteroatoms. The van der Waals surface area contributed by atoms with Crippen LogP contribution in [0.2, 0.25) is 5.02 Å². The van der Waals surface area contributed by atoms with Gasteiger partial charge in [-0.05, 0) is 12.1 Å². The monoisotopic (exact) mass is 210 g/mol. The maximum atomic E-state index is 10.8. The summed E-state index contributed by atoms with van der Waals surface area (Å²) in [5.41, 5.74) is 1.50. The van der Waals surface area contributed by atoms with Crippen LogP contribution in [0.3, 0.4) is 0 Å². The molecule has 1 heterocycles. The first-order valence-corrected chi connectivity index (χ1v) is 4.84. The van der Waals surface area contributed by atoms with Gasteiger partial charge in [-0.3, -0.25) is 4.79 Å². The van der Waals surface area contributed by atoms with E-state index in [0.29, 0.717) is 22.9 Å². The fourth-order valence-corrected chi connectivity index (χ4v) is 1.92. The predicted molar refractivity (Wildman–Crippen MR) is 55.4 cm³/mol. The van der Waals surface area contributed by atoms with E-state index in [0.717, 1.165) is 11.8 Å². The molecule has 2 rings (SSSR count). The van der Waals surface area contributed by atoms with Gasteiger partial charge in [-0.25, -0.2) is 0 Å². The highest BCUT2D eigenvalue weighted by molar-refractivity contribution is 6.31. The molecular formula is C11H11ClO2. The fraction of sp³-hybridized carbons (Fsp3) is 0.364. The fourth-order valence-electron chi connectivity index (χ4n) is 1.70. The van der Waals surface area contributed by atoms with Crippen molar-refractivity contribution >= 4 is 17.9 Å². The molecular weight excluding hydrogens is 200 g/mol. The number of benzene rings is 1. The van der Waals surface area contributed by atoms with Gasteiger partial charge in [0, 0.05) is 16.0 Å². The normalized spacial score (nSPS) is 17.4. The maximum absolute atomic E-state index is 10.8. The smallest absolute Gasteiger partial charge is 0.153 e. The molecule has 0 N–H and O–H groups in total. The van der Waals surface area contributed by atoms with Crippen LogP contribution < -0.4 is 4.74 Å². The first-order chi connectivity index (χ1) is 6.54. The van der Waals surface area contributed by atoms with Gasteiger partial charge >= 0.3 is 0 Å². The number of hydrogen-bond donors (Lipinski definition) is 0. The lowest BCUT2D eigenvalue weighted by Crippen LogP contribution is -2.18. The molecule has 1 aliphatic rings. The Labute approximate surface area is 87.8 Å². The van der Waals surface area contributed by atoms with Crippen LogP contribution in [0.15, 0.2) is 12.1 Å². The van der Waals surface area contributed by atoms with E-state index in [9.17, 15) is 4.79 Å². The molecule has 0 fully saturated rings. The van der Waals surface area contributed by atoms with Crippen molar-refractivity contribution in [1.82, 2.24) is 0 Å². The molecule has 1 aromatic rings. The standard InChI is InChI=1S/C11H11ClO2/c1-11(2)6-14-10-7(5-13)3-8(12)4-9(10)11/h3-5H,6H2,1-2H3. The second-order valence-electron chi connectivity index (χ2n) is 4.16. The molecule has 0 atom stereocenters. The highest BCUT2D eigenvalue weighted by Crippen LogP contribution is 2.41. The molecule has 14 heavy (non-hydrogen) atoms. The summed E-state index contributed by atoms with van der Waals surface area (Å²) in [6.45, 7) is 4.75. The topological polar surface area (TPSA) is 26.3 Å². The van der Waals surface area contributed by atoms with Crippen LogP contribution in [0.4, 0.5) is 0 Å². The largest absolute Gasteiger partial charge is 0.492 e. The number of rotatable bonds is 1. The predicted octanol–water partition coefficient (Wildman–Crippen LogP) is 2.82. The van der Waals surface area contributed by atoms with E-state index < -0.39 is 0 Å². The Balaban J connectivity index is 2.67. The molecule has 1 aliphatic heterocycles. The number of halogens is 1. The van der Waals surface area contributed by atoms with Gasteiger partial charge in [0.2, 0.25) is 0 Å². The first kappa shape index (κ1) is 9.53.